The maximum atomic E-state index is 12.2. The molecule has 2 aliphatic rings. The van der Waals surface area contributed by atoms with Crippen molar-refractivity contribution in [2.45, 2.75) is 70.9 Å². The van der Waals surface area contributed by atoms with E-state index in [0.717, 1.165) is 51.3 Å². The summed E-state index contributed by atoms with van der Waals surface area (Å²) in [7, 11) is 0. The summed E-state index contributed by atoms with van der Waals surface area (Å²) in [6.07, 6.45) is 8.01. The molecule has 5 rings (SSSR count). The largest absolute Gasteiger partial charge is 0.366 e. The predicted molar refractivity (Wildman–Crippen MR) is 138 cm³/mol. The molecule has 9 heteroatoms. The van der Waals surface area contributed by atoms with Gasteiger partial charge in [-0.05, 0) is 83.2 Å². The van der Waals surface area contributed by atoms with E-state index in [1.807, 2.05) is 32.0 Å². The number of anilines is 3. The van der Waals surface area contributed by atoms with Gasteiger partial charge in [0.05, 0.1) is 20.9 Å². The number of amides is 1. The van der Waals surface area contributed by atoms with Crippen molar-refractivity contribution >= 4 is 44.8 Å². The molecule has 0 radical (unpaired) electrons. The minimum absolute atomic E-state index is 0.167. The molecular weight excluding hydrogens is 446 g/mol. The molecule has 1 aliphatic carbocycles. The van der Waals surface area contributed by atoms with Crippen LogP contribution in [-0.2, 0) is 6.42 Å². The van der Waals surface area contributed by atoms with E-state index >= 15 is 0 Å². The summed E-state index contributed by atoms with van der Waals surface area (Å²) in [5, 5.41) is 7.95. The molecule has 2 aromatic heterocycles. The molecule has 34 heavy (non-hydrogen) atoms. The highest BCUT2D eigenvalue weighted by molar-refractivity contribution is 7.18. The Morgan fingerprint density at radius 3 is 2.59 bits per heavy atom. The average Bonchev–Trinajstić information content (AvgIpc) is 3.48. The molecule has 0 atom stereocenters. The first-order valence-electron chi connectivity index (χ1n) is 12.4. The summed E-state index contributed by atoms with van der Waals surface area (Å²) >= 11 is 1.63. The molecule has 180 valence electrons. The SMILES string of the molecule is CCc1nc(C(N)=O)c(Nc2ccc3nc(C)sc3c2)nc1NC1CCC(N2CCCC2)CC1. The minimum Gasteiger partial charge on any atom is -0.366 e. The van der Waals surface area contributed by atoms with Gasteiger partial charge in [0.2, 0.25) is 0 Å². The Morgan fingerprint density at radius 2 is 1.88 bits per heavy atom. The zero-order valence-electron chi connectivity index (χ0n) is 19.9. The molecule has 1 amide bonds. The highest BCUT2D eigenvalue weighted by atomic mass is 32.1. The summed E-state index contributed by atoms with van der Waals surface area (Å²) in [4.78, 5) is 28.8. The van der Waals surface area contributed by atoms with Gasteiger partial charge in [-0.25, -0.2) is 15.0 Å². The molecule has 1 aromatic carbocycles. The summed E-state index contributed by atoms with van der Waals surface area (Å²) in [5.74, 6) is 0.546. The van der Waals surface area contributed by atoms with Gasteiger partial charge in [-0.3, -0.25) is 4.79 Å². The molecule has 8 nitrogen and oxygen atoms in total. The van der Waals surface area contributed by atoms with Crippen LogP contribution in [0.1, 0.15) is 66.6 Å². The minimum atomic E-state index is -0.586. The Balaban J connectivity index is 1.36. The maximum absolute atomic E-state index is 12.2. The van der Waals surface area contributed by atoms with Crippen LogP contribution in [0.5, 0.6) is 0 Å². The van der Waals surface area contributed by atoms with Gasteiger partial charge in [0.1, 0.15) is 5.82 Å². The summed E-state index contributed by atoms with van der Waals surface area (Å²) in [6.45, 7) is 6.53. The highest BCUT2D eigenvalue weighted by Crippen LogP contribution is 2.30. The van der Waals surface area contributed by atoms with Crippen LogP contribution in [0.2, 0.25) is 0 Å². The van der Waals surface area contributed by atoms with Crippen molar-refractivity contribution in [3.05, 3.63) is 34.6 Å². The van der Waals surface area contributed by atoms with Crippen molar-refractivity contribution in [2.24, 2.45) is 5.73 Å². The molecule has 3 aromatic rings. The molecule has 0 unspecified atom stereocenters. The zero-order valence-corrected chi connectivity index (χ0v) is 20.7. The van der Waals surface area contributed by atoms with Gasteiger partial charge in [-0.1, -0.05) is 6.92 Å². The third-order valence-corrected chi connectivity index (χ3v) is 7.92. The summed E-state index contributed by atoms with van der Waals surface area (Å²) in [5.41, 5.74) is 8.41. The number of likely N-dealkylation sites (tertiary alicyclic amines) is 1. The number of hydrogen-bond acceptors (Lipinski definition) is 8. The molecule has 1 saturated heterocycles. The number of primary amides is 1. The van der Waals surface area contributed by atoms with Gasteiger partial charge >= 0.3 is 0 Å². The Morgan fingerprint density at radius 1 is 1.12 bits per heavy atom. The van der Waals surface area contributed by atoms with E-state index in [1.54, 1.807) is 11.3 Å². The number of nitrogens with two attached hydrogens (primary N) is 1. The molecule has 2 fully saturated rings. The number of nitrogens with zero attached hydrogens (tertiary/aromatic N) is 4. The highest BCUT2D eigenvalue weighted by Gasteiger charge is 2.28. The fourth-order valence-electron chi connectivity index (χ4n) is 5.23. The third-order valence-electron chi connectivity index (χ3n) is 6.99. The molecule has 1 saturated carbocycles. The number of hydrogen-bond donors (Lipinski definition) is 3. The van der Waals surface area contributed by atoms with Crippen LogP contribution in [0.15, 0.2) is 18.2 Å². The van der Waals surface area contributed by atoms with Crippen molar-refractivity contribution in [3.8, 4) is 0 Å². The second-order valence-electron chi connectivity index (χ2n) is 9.37. The number of carbonyl (C=O) groups is 1. The van der Waals surface area contributed by atoms with Crippen LogP contribution in [0.4, 0.5) is 17.3 Å². The van der Waals surface area contributed by atoms with E-state index in [1.165, 1.54) is 38.8 Å². The van der Waals surface area contributed by atoms with Gasteiger partial charge in [-0.2, -0.15) is 0 Å². The average molecular weight is 480 g/mol. The monoisotopic (exact) mass is 479 g/mol. The Bertz CT molecular complexity index is 1180. The number of benzene rings is 1. The van der Waals surface area contributed by atoms with E-state index in [-0.39, 0.29) is 5.69 Å². The smallest absolute Gasteiger partial charge is 0.271 e. The lowest BCUT2D eigenvalue weighted by Gasteiger charge is -2.35. The quantitative estimate of drug-likeness (QED) is 0.454. The number of thiazole rings is 1. The number of aryl methyl sites for hydroxylation is 2. The van der Waals surface area contributed by atoms with Crippen LogP contribution in [0.3, 0.4) is 0 Å². The number of aromatic nitrogens is 3. The van der Waals surface area contributed by atoms with E-state index in [9.17, 15) is 4.79 Å². The summed E-state index contributed by atoms with van der Waals surface area (Å²) < 4.78 is 1.08. The van der Waals surface area contributed by atoms with Gasteiger partial charge < -0.3 is 21.3 Å². The van der Waals surface area contributed by atoms with Gasteiger partial charge in [0, 0.05) is 17.8 Å². The van der Waals surface area contributed by atoms with Crippen molar-refractivity contribution in [3.63, 3.8) is 0 Å². The Hall–Kier alpha value is -2.78. The lowest BCUT2D eigenvalue weighted by molar-refractivity contribution is 0.0996. The van der Waals surface area contributed by atoms with Gasteiger partial charge in [0.15, 0.2) is 11.5 Å². The Kier molecular flexibility index (Phi) is 6.65. The number of fused-ring (bicyclic) bond motifs is 1. The first-order valence-corrected chi connectivity index (χ1v) is 13.2. The van der Waals surface area contributed by atoms with Crippen LogP contribution >= 0.6 is 11.3 Å². The molecule has 0 bridgehead atoms. The number of carbonyl (C=O) groups excluding carboxylic acids is 1. The van der Waals surface area contributed by atoms with Crippen molar-refractivity contribution in [1.82, 2.24) is 19.9 Å². The van der Waals surface area contributed by atoms with Crippen molar-refractivity contribution in [2.75, 3.05) is 23.7 Å². The first-order chi connectivity index (χ1) is 16.5. The van der Waals surface area contributed by atoms with Crippen molar-refractivity contribution < 1.29 is 4.79 Å². The molecule has 1 aliphatic heterocycles. The standard InChI is InChI=1S/C25H33N7OS/c1-3-19-24(28-16-6-9-18(10-7-16)32-12-4-5-13-32)31-25(22(30-19)23(26)33)29-17-8-11-20-21(14-17)34-15(2)27-20/h8,11,14,16,18H,3-7,9-10,12-13H2,1-2H3,(H2,26,33)(H2,28,29,31). The first kappa shape index (κ1) is 23.0. The zero-order chi connectivity index (χ0) is 23.7. The normalized spacial score (nSPS) is 21.1. The topological polar surface area (TPSA) is 109 Å². The van der Waals surface area contributed by atoms with Gasteiger partial charge in [-0.15, -0.1) is 11.3 Å². The van der Waals surface area contributed by atoms with Gasteiger partial charge in [0.25, 0.3) is 5.91 Å². The number of rotatable bonds is 7. The van der Waals surface area contributed by atoms with Crippen LogP contribution in [0.25, 0.3) is 10.2 Å². The van der Waals surface area contributed by atoms with E-state index in [2.05, 4.69) is 25.5 Å². The molecule has 3 heterocycles. The van der Waals surface area contributed by atoms with Crippen molar-refractivity contribution in [1.29, 1.82) is 0 Å². The molecular formula is C25H33N7OS. The maximum Gasteiger partial charge on any atom is 0.271 e. The molecule has 0 spiro atoms. The second kappa shape index (κ2) is 9.84. The molecule has 4 N–H and O–H groups in total. The fraction of sp³-hybridized carbons (Fsp3) is 0.520. The third kappa shape index (κ3) is 4.86. The van der Waals surface area contributed by atoms with Crippen LogP contribution in [0, 0.1) is 6.92 Å². The van der Waals surface area contributed by atoms with Crippen LogP contribution < -0.4 is 16.4 Å². The second-order valence-corrected chi connectivity index (χ2v) is 10.6. The predicted octanol–water partition coefficient (Wildman–Crippen LogP) is 4.62. The lowest BCUT2D eigenvalue weighted by atomic mass is 9.90. The Labute approximate surface area is 204 Å². The van der Waals surface area contributed by atoms with E-state index in [4.69, 9.17) is 10.7 Å². The van der Waals surface area contributed by atoms with E-state index in [0.29, 0.717) is 18.3 Å². The summed E-state index contributed by atoms with van der Waals surface area (Å²) in [6, 6.07) is 7.01. The van der Waals surface area contributed by atoms with Crippen LogP contribution in [-0.4, -0.2) is 50.9 Å². The van der Waals surface area contributed by atoms with E-state index < -0.39 is 5.91 Å². The fourth-order valence-corrected chi connectivity index (χ4v) is 6.10. The lowest BCUT2D eigenvalue weighted by Crippen LogP contribution is -2.39. The number of nitrogens with one attached hydrogen (secondary N) is 2.